The van der Waals surface area contributed by atoms with Gasteiger partial charge < -0.3 is 0 Å². The summed E-state index contributed by atoms with van der Waals surface area (Å²) >= 11 is 2.97. The number of benzene rings is 1. The molecule has 0 N–H and O–H groups in total. The Morgan fingerprint density at radius 1 is 0.923 bits per heavy atom. The molecule has 1 aromatic heterocycles. The molecule has 12 heteroatoms. The summed E-state index contributed by atoms with van der Waals surface area (Å²) in [6, 6.07) is 1.82. The molecule has 2 aromatic rings. The van der Waals surface area contributed by atoms with Crippen LogP contribution in [0, 0.1) is 0 Å². The Balaban J connectivity index is 2.63. The number of alkyl halides is 7. The molecule has 1 heterocycles. The smallest absolute Gasteiger partial charge is 0.256 e. The van der Waals surface area contributed by atoms with Crippen LogP contribution in [0.4, 0.5) is 30.7 Å². The lowest BCUT2D eigenvalue weighted by atomic mass is 10.1. The molecule has 0 aliphatic carbocycles. The Hall–Kier alpha value is -1.69. The van der Waals surface area contributed by atoms with Crippen molar-refractivity contribution in [2.45, 2.75) is 22.8 Å². The molecule has 0 amide bonds. The standard InChI is InChI=1S/C14H7BrF7NO2S/c15-9-1-2-11(23-6-9)12(16)26(24,25)10-4-7(13(17,18)19)3-8(5-10)14(20,21)22/h1-6,12H. The lowest BCUT2D eigenvalue weighted by Gasteiger charge is -2.15. The van der Waals surface area contributed by atoms with Gasteiger partial charge in [0.15, 0.2) is 0 Å². The SMILES string of the molecule is O=S(=O)(c1cc(C(F)(F)F)cc(C(F)(F)F)c1)C(F)c1ccc(Br)cn1. The zero-order chi connectivity index (χ0) is 19.9. The van der Waals surface area contributed by atoms with Crippen LogP contribution in [0.1, 0.15) is 22.3 Å². The van der Waals surface area contributed by atoms with Crippen molar-refractivity contribution in [2.75, 3.05) is 0 Å². The zero-order valence-electron chi connectivity index (χ0n) is 12.2. The van der Waals surface area contributed by atoms with Crippen LogP contribution in [0.5, 0.6) is 0 Å². The molecule has 0 spiro atoms. The van der Waals surface area contributed by atoms with E-state index in [-0.39, 0.29) is 18.2 Å². The monoisotopic (exact) mass is 465 g/mol. The fourth-order valence-electron chi connectivity index (χ4n) is 1.89. The highest BCUT2D eigenvalue weighted by Crippen LogP contribution is 2.39. The number of hydrogen-bond donors (Lipinski definition) is 0. The molecule has 0 radical (unpaired) electrons. The molecule has 0 aliphatic rings. The molecular formula is C14H7BrF7NO2S. The second-order valence-electron chi connectivity index (χ2n) is 5.00. The fourth-order valence-corrected chi connectivity index (χ4v) is 3.40. The van der Waals surface area contributed by atoms with Crippen molar-refractivity contribution in [2.24, 2.45) is 0 Å². The van der Waals surface area contributed by atoms with E-state index in [9.17, 15) is 39.2 Å². The molecule has 3 nitrogen and oxygen atoms in total. The summed E-state index contributed by atoms with van der Waals surface area (Å²) in [5.41, 5.74) is -7.34. The van der Waals surface area contributed by atoms with Gasteiger partial charge in [-0.25, -0.2) is 12.8 Å². The van der Waals surface area contributed by atoms with Crippen LogP contribution in [-0.2, 0) is 22.2 Å². The minimum atomic E-state index is -5.26. The van der Waals surface area contributed by atoms with Crippen LogP contribution < -0.4 is 0 Å². The van der Waals surface area contributed by atoms with Crippen molar-refractivity contribution in [1.82, 2.24) is 4.98 Å². The number of pyridine rings is 1. The summed E-state index contributed by atoms with van der Waals surface area (Å²) in [5.74, 6) is 0. The summed E-state index contributed by atoms with van der Waals surface area (Å²) < 4.78 is 116. The molecule has 142 valence electrons. The van der Waals surface area contributed by atoms with E-state index >= 15 is 0 Å². The number of aromatic nitrogens is 1. The third-order valence-corrected chi connectivity index (χ3v) is 5.29. The second-order valence-corrected chi connectivity index (χ2v) is 7.89. The highest BCUT2D eigenvalue weighted by Gasteiger charge is 2.40. The van der Waals surface area contributed by atoms with E-state index < -0.39 is 49.4 Å². The van der Waals surface area contributed by atoms with Gasteiger partial charge in [-0.1, -0.05) is 0 Å². The molecule has 26 heavy (non-hydrogen) atoms. The highest BCUT2D eigenvalue weighted by molar-refractivity contribution is 9.10. The van der Waals surface area contributed by atoms with E-state index in [1.165, 1.54) is 6.07 Å². The minimum absolute atomic E-state index is 0.0456. The first kappa shape index (κ1) is 20.6. The molecule has 0 saturated heterocycles. The summed E-state index contributed by atoms with van der Waals surface area (Å²) in [6.45, 7) is 0. The average molecular weight is 466 g/mol. The van der Waals surface area contributed by atoms with Crippen molar-refractivity contribution in [3.05, 3.63) is 57.8 Å². The molecule has 0 fully saturated rings. The number of nitrogens with zero attached hydrogens (tertiary/aromatic N) is 1. The van der Waals surface area contributed by atoms with E-state index in [1.54, 1.807) is 0 Å². The lowest BCUT2D eigenvalue weighted by Crippen LogP contribution is -2.16. The van der Waals surface area contributed by atoms with Crippen LogP contribution >= 0.6 is 15.9 Å². The van der Waals surface area contributed by atoms with Crippen LogP contribution in [0.15, 0.2) is 45.9 Å². The van der Waals surface area contributed by atoms with Crippen LogP contribution in [0.25, 0.3) is 0 Å². The van der Waals surface area contributed by atoms with Gasteiger partial charge in [-0.2, -0.15) is 26.3 Å². The summed E-state index contributed by atoms with van der Waals surface area (Å²) in [5, 5.41) is 0. The normalized spacial score (nSPS) is 14.3. The van der Waals surface area contributed by atoms with Crippen LogP contribution in [0.3, 0.4) is 0 Å². The molecule has 0 saturated carbocycles. The Morgan fingerprint density at radius 3 is 1.81 bits per heavy atom. The molecule has 1 atom stereocenters. The van der Waals surface area contributed by atoms with E-state index in [0.717, 1.165) is 12.3 Å². The quantitative estimate of drug-likeness (QED) is 0.576. The maximum Gasteiger partial charge on any atom is 0.416 e. The number of rotatable bonds is 3. The second kappa shape index (κ2) is 6.80. The highest BCUT2D eigenvalue weighted by atomic mass is 79.9. The average Bonchev–Trinajstić information content (AvgIpc) is 2.52. The summed E-state index contributed by atoms with van der Waals surface area (Å²) in [4.78, 5) is 2.02. The van der Waals surface area contributed by atoms with Gasteiger partial charge in [0, 0.05) is 10.7 Å². The Bertz CT molecular complexity index is 876. The maximum atomic E-state index is 14.4. The van der Waals surface area contributed by atoms with E-state index in [1.807, 2.05) is 0 Å². The third-order valence-electron chi connectivity index (χ3n) is 3.14. The van der Waals surface area contributed by atoms with Gasteiger partial charge in [0.25, 0.3) is 0 Å². The summed E-state index contributed by atoms with van der Waals surface area (Å²) in [6.07, 6.45) is -9.48. The summed E-state index contributed by atoms with van der Waals surface area (Å²) in [7, 11) is -5.21. The van der Waals surface area contributed by atoms with Crippen LogP contribution in [0.2, 0.25) is 0 Å². The van der Waals surface area contributed by atoms with Gasteiger partial charge in [-0.15, -0.1) is 0 Å². The van der Waals surface area contributed by atoms with Gasteiger partial charge in [0.1, 0.15) is 0 Å². The Kier molecular flexibility index (Phi) is 5.39. The molecule has 0 aliphatic heterocycles. The van der Waals surface area contributed by atoms with Crippen molar-refractivity contribution in [3.8, 4) is 0 Å². The first-order chi connectivity index (χ1) is 11.7. The molecule has 0 bridgehead atoms. The number of hydrogen-bond acceptors (Lipinski definition) is 3. The van der Waals surface area contributed by atoms with Crippen molar-refractivity contribution in [1.29, 1.82) is 0 Å². The molecule has 2 rings (SSSR count). The molecule has 1 unspecified atom stereocenters. The number of halogens is 8. The molecular weight excluding hydrogens is 459 g/mol. The largest absolute Gasteiger partial charge is 0.416 e. The fraction of sp³-hybridized carbons (Fsp3) is 0.214. The first-order valence-electron chi connectivity index (χ1n) is 6.52. The third kappa shape index (κ3) is 4.34. The van der Waals surface area contributed by atoms with E-state index in [2.05, 4.69) is 20.9 Å². The zero-order valence-corrected chi connectivity index (χ0v) is 14.6. The first-order valence-corrected chi connectivity index (χ1v) is 8.86. The Morgan fingerprint density at radius 2 is 1.42 bits per heavy atom. The van der Waals surface area contributed by atoms with Crippen LogP contribution in [-0.4, -0.2) is 13.4 Å². The van der Waals surface area contributed by atoms with E-state index in [4.69, 9.17) is 0 Å². The topological polar surface area (TPSA) is 47.0 Å². The van der Waals surface area contributed by atoms with Gasteiger partial charge in [-0.3, -0.25) is 4.98 Å². The van der Waals surface area contributed by atoms with E-state index in [0.29, 0.717) is 4.47 Å². The Labute approximate surface area is 150 Å². The predicted octanol–water partition coefficient (Wildman–Crippen LogP) is 5.32. The van der Waals surface area contributed by atoms with Gasteiger partial charge in [0.2, 0.25) is 15.3 Å². The van der Waals surface area contributed by atoms with Gasteiger partial charge in [0.05, 0.1) is 21.7 Å². The van der Waals surface area contributed by atoms with Gasteiger partial charge in [-0.05, 0) is 46.3 Å². The van der Waals surface area contributed by atoms with Crippen molar-refractivity contribution < 1.29 is 39.2 Å². The lowest BCUT2D eigenvalue weighted by molar-refractivity contribution is -0.143. The van der Waals surface area contributed by atoms with Crippen molar-refractivity contribution in [3.63, 3.8) is 0 Å². The van der Waals surface area contributed by atoms with Gasteiger partial charge >= 0.3 is 12.4 Å². The van der Waals surface area contributed by atoms with Crippen molar-refractivity contribution >= 4 is 25.8 Å². The minimum Gasteiger partial charge on any atom is -0.256 e. The maximum absolute atomic E-state index is 14.4. The molecule has 1 aromatic carbocycles. The predicted molar refractivity (Wildman–Crippen MR) is 79.4 cm³/mol. The number of sulfone groups is 1.